The van der Waals surface area contributed by atoms with Gasteiger partial charge in [-0.1, -0.05) is 0 Å². The monoisotopic (exact) mass is 423 g/mol. The van der Waals surface area contributed by atoms with E-state index in [0.29, 0.717) is 29.4 Å². The molecular weight excluding hydrogens is 406 g/mol. The van der Waals surface area contributed by atoms with Crippen molar-refractivity contribution >= 4 is 32.2 Å². The van der Waals surface area contributed by atoms with Gasteiger partial charge in [-0.3, -0.25) is 15.1 Å². The predicted octanol–water partition coefficient (Wildman–Crippen LogP) is 2.53. The highest BCUT2D eigenvalue weighted by molar-refractivity contribution is 7.89. The van der Waals surface area contributed by atoms with E-state index in [1.54, 1.807) is 18.3 Å². The molecule has 0 radical (unpaired) electrons. The van der Waals surface area contributed by atoms with Crippen LogP contribution in [-0.4, -0.2) is 48.8 Å². The minimum Gasteiger partial charge on any atom is -0.368 e. The third kappa shape index (κ3) is 3.45. The number of nitro groups is 1. The second-order valence-electron chi connectivity index (χ2n) is 6.81. The number of fused-ring (bicyclic) bond motifs is 1. The number of hydrogen-bond acceptors (Lipinski definition) is 7. The van der Waals surface area contributed by atoms with Crippen molar-refractivity contribution in [3.05, 3.63) is 70.5 Å². The van der Waals surface area contributed by atoms with Gasteiger partial charge in [0.2, 0.25) is 10.0 Å². The summed E-state index contributed by atoms with van der Waals surface area (Å²) in [6, 6.07) is 12.7. The van der Waals surface area contributed by atoms with Gasteiger partial charge in [0.25, 0.3) is 5.69 Å². The number of nitro benzene ring substituents is 1. The zero-order chi connectivity index (χ0) is 21.3. The molecule has 2 aromatic carbocycles. The van der Waals surface area contributed by atoms with Crippen molar-refractivity contribution in [2.75, 3.05) is 31.1 Å². The van der Waals surface area contributed by atoms with Gasteiger partial charge < -0.3 is 4.90 Å². The fourth-order valence-electron chi connectivity index (χ4n) is 3.61. The summed E-state index contributed by atoms with van der Waals surface area (Å²) in [6.45, 7) is 1.47. The maximum atomic E-state index is 12.9. The fourth-order valence-corrected chi connectivity index (χ4v) is 5.04. The lowest BCUT2D eigenvalue weighted by Crippen LogP contribution is -2.48. The first-order chi connectivity index (χ1) is 14.4. The maximum Gasteiger partial charge on any atom is 0.278 e. The quantitative estimate of drug-likeness (QED) is 0.467. The topological polar surface area (TPSA) is 120 Å². The van der Waals surface area contributed by atoms with Crippen LogP contribution in [0.25, 0.3) is 10.8 Å². The Bertz CT molecular complexity index is 1260. The van der Waals surface area contributed by atoms with Crippen LogP contribution >= 0.6 is 0 Å². The van der Waals surface area contributed by atoms with Gasteiger partial charge in [0, 0.05) is 55.7 Å². The fraction of sp³-hybridized carbons (Fsp3) is 0.200. The van der Waals surface area contributed by atoms with Gasteiger partial charge in [-0.25, -0.2) is 8.42 Å². The highest BCUT2D eigenvalue weighted by Crippen LogP contribution is 2.33. The van der Waals surface area contributed by atoms with E-state index in [0.717, 1.165) is 5.69 Å². The first kappa shape index (κ1) is 19.8. The predicted molar refractivity (Wildman–Crippen MR) is 111 cm³/mol. The van der Waals surface area contributed by atoms with Gasteiger partial charge in [0.05, 0.1) is 26.8 Å². The van der Waals surface area contributed by atoms with E-state index in [1.165, 1.54) is 40.8 Å². The molecule has 1 saturated heterocycles. The summed E-state index contributed by atoms with van der Waals surface area (Å²) in [6.07, 6.45) is 3.06. The van der Waals surface area contributed by atoms with E-state index in [9.17, 15) is 18.5 Å². The number of aromatic nitrogens is 1. The molecule has 4 rings (SSSR count). The maximum absolute atomic E-state index is 12.9. The van der Waals surface area contributed by atoms with E-state index >= 15 is 0 Å². The summed E-state index contributed by atoms with van der Waals surface area (Å²) in [7, 11) is -3.66. The number of nitriles is 1. The standard InChI is InChI=1S/C20H17N5O4S/c21-13-15-1-3-16(4-2-15)30(28,29)24-11-9-23(10-12-24)19-5-6-20(25(26)27)18-14-22-8-7-17(18)19/h1-8,14H,9-12H2. The normalized spacial score (nSPS) is 15.1. The molecule has 10 heteroatoms. The summed E-state index contributed by atoms with van der Waals surface area (Å²) in [5.41, 5.74) is 1.20. The van der Waals surface area contributed by atoms with Crippen molar-refractivity contribution < 1.29 is 13.3 Å². The summed E-state index contributed by atoms with van der Waals surface area (Å²) in [5.74, 6) is 0. The third-order valence-corrected chi connectivity index (χ3v) is 7.08. The molecule has 2 heterocycles. The molecule has 0 saturated carbocycles. The first-order valence-electron chi connectivity index (χ1n) is 9.18. The summed E-state index contributed by atoms with van der Waals surface area (Å²) in [5, 5.41) is 21.3. The smallest absolute Gasteiger partial charge is 0.278 e. The molecule has 152 valence electrons. The van der Waals surface area contributed by atoms with Crippen LogP contribution in [0, 0.1) is 21.4 Å². The lowest BCUT2D eigenvalue weighted by Gasteiger charge is -2.35. The minimum absolute atomic E-state index is 0.0103. The van der Waals surface area contributed by atoms with Gasteiger partial charge >= 0.3 is 0 Å². The van der Waals surface area contributed by atoms with Crippen molar-refractivity contribution in [3.8, 4) is 6.07 Å². The van der Waals surface area contributed by atoms with Crippen molar-refractivity contribution in [1.29, 1.82) is 5.26 Å². The van der Waals surface area contributed by atoms with Crippen LogP contribution in [0.5, 0.6) is 0 Å². The van der Waals surface area contributed by atoms with Crippen LogP contribution in [0.3, 0.4) is 0 Å². The number of rotatable bonds is 4. The lowest BCUT2D eigenvalue weighted by atomic mass is 10.1. The Labute approximate surface area is 173 Å². The first-order valence-corrected chi connectivity index (χ1v) is 10.6. The zero-order valence-corrected chi connectivity index (χ0v) is 16.6. The Morgan fingerprint density at radius 1 is 1.00 bits per heavy atom. The Kier molecular flexibility index (Phi) is 5.07. The molecule has 1 aromatic heterocycles. The highest BCUT2D eigenvalue weighted by Gasteiger charge is 2.29. The van der Waals surface area contributed by atoms with Crippen molar-refractivity contribution in [1.82, 2.24) is 9.29 Å². The van der Waals surface area contributed by atoms with Crippen LogP contribution in [0.15, 0.2) is 59.8 Å². The van der Waals surface area contributed by atoms with Crippen molar-refractivity contribution in [2.45, 2.75) is 4.90 Å². The molecule has 0 N–H and O–H groups in total. The Morgan fingerprint density at radius 2 is 1.70 bits per heavy atom. The van der Waals surface area contributed by atoms with Crippen LogP contribution in [0.2, 0.25) is 0 Å². The molecule has 1 fully saturated rings. The van der Waals surface area contributed by atoms with E-state index in [2.05, 4.69) is 4.98 Å². The molecular formula is C20H17N5O4S. The summed E-state index contributed by atoms with van der Waals surface area (Å²) < 4.78 is 27.2. The van der Waals surface area contributed by atoms with Gasteiger partial charge in [-0.05, 0) is 36.4 Å². The number of nitrogens with zero attached hydrogens (tertiary/aromatic N) is 5. The summed E-state index contributed by atoms with van der Waals surface area (Å²) in [4.78, 5) is 17.1. The van der Waals surface area contributed by atoms with E-state index in [4.69, 9.17) is 5.26 Å². The molecule has 3 aromatic rings. The lowest BCUT2D eigenvalue weighted by molar-refractivity contribution is -0.383. The van der Waals surface area contributed by atoms with Crippen molar-refractivity contribution in [2.24, 2.45) is 0 Å². The third-order valence-electron chi connectivity index (χ3n) is 5.17. The van der Waals surface area contributed by atoms with Crippen LogP contribution < -0.4 is 4.90 Å². The van der Waals surface area contributed by atoms with E-state index in [-0.39, 0.29) is 23.7 Å². The molecule has 0 spiro atoms. The molecule has 0 atom stereocenters. The van der Waals surface area contributed by atoms with Crippen LogP contribution in [0.1, 0.15) is 5.56 Å². The number of benzene rings is 2. The average molecular weight is 423 g/mol. The molecule has 0 bridgehead atoms. The molecule has 0 amide bonds. The molecule has 1 aliphatic heterocycles. The van der Waals surface area contributed by atoms with Crippen LogP contribution in [0.4, 0.5) is 11.4 Å². The molecule has 0 unspecified atom stereocenters. The molecule has 1 aliphatic rings. The van der Waals surface area contributed by atoms with Crippen LogP contribution in [-0.2, 0) is 10.0 Å². The van der Waals surface area contributed by atoms with E-state index < -0.39 is 14.9 Å². The van der Waals surface area contributed by atoms with Gasteiger partial charge in [-0.15, -0.1) is 0 Å². The Balaban J connectivity index is 1.57. The average Bonchev–Trinajstić information content (AvgIpc) is 2.78. The second-order valence-corrected chi connectivity index (χ2v) is 8.75. The molecule has 0 aliphatic carbocycles. The van der Waals surface area contributed by atoms with E-state index in [1.807, 2.05) is 11.0 Å². The summed E-state index contributed by atoms with van der Waals surface area (Å²) >= 11 is 0. The number of pyridine rings is 1. The van der Waals surface area contributed by atoms with Gasteiger partial charge in [0.1, 0.15) is 0 Å². The number of sulfonamides is 1. The van der Waals surface area contributed by atoms with Gasteiger partial charge in [-0.2, -0.15) is 9.57 Å². The Morgan fingerprint density at radius 3 is 2.33 bits per heavy atom. The minimum atomic E-state index is -3.66. The SMILES string of the molecule is N#Cc1ccc(S(=O)(=O)N2CCN(c3ccc([N+](=O)[O-])c4cnccc34)CC2)cc1. The second kappa shape index (κ2) is 7.70. The molecule has 30 heavy (non-hydrogen) atoms. The number of non-ortho nitro benzene ring substituents is 1. The number of piperazine rings is 1. The Hall–Kier alpha value is -3.55. The zero-order valence-electron chi connectivity index (χ0n) is 15.8. The number of hydrogen-bond donors (Lipinski definition) is 0. The van der Waals surface area contributed by atoms with Crippen molar-refractivity contribution in [3.63, 3.8) is 0 Å². The highest BCUT2D eigenvalue weighted by atomic mass is 32.2. The molecule has 9 nitrogen and oxygen atoms in total. The number of anilines is 1. The largest absolute Gasteiger partial charge is 0.368 e. The van der Waals surface area contributed by atoms with Gasteiger partial charge in [0.15, 0.2) is 0 Å².